The molecule has 0 aliphatic heterocycles. The highest BCUT2D eigenvalue weighted by atomic mass is 16.2. The van der Waals surface area contributed by atoms with E-state index in [0.717, 1.165) is 18.5 Å². The van der Waals surface area contributed by atoms with Crippen molar-refractivity contribution in [2.45, 2.75) is 58.4 Å². The highest BCUT2D eigenvalue weighted by Gasteiger charge is 2.13. The minimum atomic E-state index is -0.0278. The van der Waals surface area contributed by atoms with Crippen LogP contribution >= 0.6 is 0 Å². The molecule has 0 fully saturated rings. The fraction of sp³-hybridized carbons (Fsp3) is 0.474. The van der Waals surface area contributed by atoms with E-state index in [1.807, 2.05) is 18.3 Å². The highest BCUT2D eigenvalue weighted by Crippen LogP contribution is 2.19. The van der Waals surface area contributed by atoms with E-state index in [-0.39, 0.29) is 12.5 Å². The Morgan fingerprint density at radius 2 is 1.91 bits per heavy atom. The molecule has 1 amide bonds. The molecule has 0 saturated heterocycles. The van der Waals surface area contributed by atoms with Crippen molar-refractivity contribution in [3.8, 4) is 0 Å². The lowest BCUT2D eigenvalue weighted by atomic mass is 10.0. The molecule has 2 aromatic rings. The van der Waals surface area contributed by atoms with Crippen LogP contribution in [-0.2, 0) is 24.2 Å². The average molecular weight is 311 g/mol. The molecule has 1 heterocycles. The summed E-state index contributed by atoms with van der Waals surface area (Å²) in [5, 5.41) is 7.54. The number of rotatable bonds is 4. The summed E-state index contributed by atoms with van der Waals surface area (Å²) >= 11 is 0. The van der Waals surface area contributed by atoms with Crippen LogP contribution in [0.15, 0.2) is 30.5 Å². The zero-order valence-electron chi connectivity index (χ0n) is 14.0. The maximum atomic E-state index is 12.2. The van der Waals surface area contributed by atoms with Gasteiger partial charge in [-0.25, -0.2) is 0 Å². The number of carbonyl (C=O) groups excluding carboxylic acids is 1. The lowest BCUT2D eigenvalue weighted by Gasteiger charge is -2.08. The van der Waals surface area contributed by atoms with Crippen molar-refractivity contribution in [3.63, 3.8) is 0 Å². The third kappa shape index (κ3) is 4.01. The Labute approximate surface area is 137 Å². The first-order valence-corrected chi connectivity index (χ1v) is 8.57. The quantitative estimate of drug-likeness (QED) is 0.870. The van der Waals surface area contributed by atoms with Crippen molar-refractivity contribution >= 4 is 11.6 Å². The summed E-state index contributed by atoms with van der Waals surface area (Å²) < 4.78 is 1.79. The number of nitrogens with one attached hydrogen (secondary N) is 1. The monoisotopic (exact) mass is 311 g/mol. The van der Waals surface area contributed by atoms with E-state index < -0.39 is 0 Å². The molecule has 4 nitrogen and oxygen atoms in total. The molecule has 4 heteroatoms. The first-order valence-electron chi connectivity index (χ1n) is 8.57. The van der Waals surface area contributed by atoms with Gasteiger partial charge < -0.3 is 5.32 Å². The summed E-state index contributed by atoms with van der Waals surface area (Å²) in [5.74, 6) is 0.471. The molecule has 3 rings (SSSR count). The van der Waals surface area contributed by atoms with E-state index in [2.05, 4.69) is 36.4 Å². The second kappa shape index (κ2) is 6.99. The van der Waals surface area contributed by atoms with Gasteiger partial charge in [0, 0.05) is 11.9 Å². The Morgan fingerprint density at radius 3 is 2.65 bits per heavy atom. The van der Waals surface area contributed by atoms with Crippen LogP contribution in [0.5, 0.6) is 0 Å². The lowest BCUT2D eigenvalue weighted by molar-refractivity contribution is -0.116. The molecule has 1 aliphatic carbocycles. The maximum absolute atomic E-state index is 12.2. The molecule has 1 aromatic heterocycles. The zero-order chi connectivity index (χ0) is 16.2. The van der Waals surface area contributed by atoms with E-state index >= 15 is 0 Å². The summed E-state index contributed by atoms with van der Waals surface area (Å²) in [4.78, 5) is 12.2. The van der Waals surface area contributed by atoms with E-state index in [1.54, 1.807) is 4.68 Å². The Hall–Kier alpha value is -2.10. The smallest absolute Gasteiger partial charge is 0.246 e. The second-order valence-corrected chi connectivity index (χ2v) is 6.68. The number of aryl methyl sites for hydroxylation is 2. The Kier molecular flexibility index (Phi) is 4.79. The highest BCUT2D eigenvalue weighted by molar-refractivity contribution is 5.90. The molecule has 1 N–H and O–H groups in total. The predicted molar refractivity (Wildman–Crippen MR) is 92.6 cm³/mol. The maximum Gasteiger partial charge on any atom is 0.246 e. The number of benzene rings is 1. The van der Waals surface area contributed by atoms with Crippen molar-refractivity contribution in [2.24, 2.45) is 0 Å². The molecule has 1 aliphatic rings. The standard InChI is InChI=1S/C19H25N3O/c1-14(2)15-8-10-17(11-9-15)20-19(23)13-22-12-16-6-4-3-5-7-18(16)21-22/h8-12,14H,3-7,13H2,1-2H3,(H,20,23). The van der Waals surface area contributed by atoms with Gasteiger partial charge in [0.15, 0.2) is 0 Å². The van der Waals surface area contributed by atoms with Gasteiger partial charge in [-0.2, -0.15) is 5.10 Å². The van der Waals surface area contributed by atoms with Crippen molar-refractivity contribution < 1.29 is 4.79 Å². The van der Waals surface area contributed by atoms with Gasteiger partial charge in [-0.15, -0.1) is 0 Å². The summed E-state index contributed by atoms with van der Waals surface area (Å²) in [6.45, 7) is 4.60. The van der Waals surface area contributed by atoms with Crippen LogP contribution in [0, 0.1) is 0 Å². The third-order valence-corrected chi connectivity index (χ3v) is 4.45. The predicted octanol–water partition coefficient (Wildman–Crippen LogP) is 3.91. The van der Waals surface area contributed by atoms with Gasteiger partial charge in [-0.1, -0.05) is 32.4 Å². The first kappa shape index (κ1) is 15.8. The van der Waals surface area contributed by atoms with E-state index in [4.69, 9.17) is 0 Å². The first-order chi connectivity index (χ1) is 11.1. The number of hydrogen-bond acceptors (Lipinski definition) is 2. The molecule has 0 bridgehead atoms. The van der Waals surface area contributed by atoms with Gasteiger partial charge in [0.05, 0.1) is 5.69 Å². The van der Waals surface area contributed by atoms with Crippen LogP contribution in [0.1, 0.15) is 55.8 Å². The number of fused-ring (bicyclic) bond motifs is 1. The van der Waals surface area contributed by atoms with Crippen LogP contribution in [-0.4, -0.2) is 15.7 Å². The Bertz CT molecular complexity index is 647. The van der Waals surface area contributed by atoms with Gasteiger partial charge in [0.2, 0.25) is 5.91 Å². The minimum Gasteiger partial charge on any atom is -0.324 e. The van der Waals surface area contributed by atoms with Crippen LogP contribution in [0.4, 0.5) is 5.69 Å². The van der Waals surface area contributed by atoms with E-state index in [1.165, 1.54) is 36.1 Å². The molecular formula is C19H25N3O. The Balaban J connectivity index is 1.61. The summed E-state index contributed by atoms with van der Waals surface area (Å²) in [7, 11) is 0. The molecule has 0 radical (unpaired) electrons. The van der Waals surface area contributed by atoms with Crippen LogP contribution in [0.2, 0.25) is 0 Å². The van der Waals surface area contributed by atoms with Gasteiger partial charge in [0.1, 0.15) is 6.54 Å². The fourth-order valence-electron chi connectivity index (χ4n) is 3.09. The zero-order valence-corrected chi connectivity index (χ0v) is 14.0. The molecule has 122 valence electrons. The molecule has 0 unspecified atom stereocenters. The van der Waals surface area contributed by atoms with Crippen molar-refractivity contribution in [1.82, 2.24) is 9.78 Å². The lowest BCUT2D eigenvalue weighted by Crippen LogP contribution is -2.19. The van der Waals surface area contributed by atoms with Crippen molar-refractivity contribution in [2.75, 3.05) is 5.32 Å². The van der Waals surface area contributed by atoms with E-state index in [0.29, 0.717) is 5.92 Å². The number of carbonyl (C=O) groups is 1. The molecule has 0 spiro atoms. The number of aromatic nitrogens is 2. The van der Waals surface area contributed by atoms with Gasteiger partial charge >= 0.3 is 0 Å². The number of hydrogen-bond donors (Lipinski definition) is 1. The van der Waals surface area contributed by atoms with Crippen LogP contribution in [0.25, 0.3) is 0 Å². The molecule has 23 heavy (non-hydrogen) atoms. The summed E-state index contributed by atoms with van der Waals surface area (Å²) in [5.41, 5.74) is 4.61. The molecule has 0 atom stereocenters. The van der Waals surface area contributed by atoms with Crippen molar-refractivity contribution in [1.29, 1.82) is 0 Å². The average Bonchev–Trinajstić information content (AvgIpc) is 2.76. The SMILES string of the molecule is CC(C)c1ccc(NC(=O)Cn2cc3c(n2)CCCCC3)cc1. The molecular weight excluding hydrogens is 286 g/mol. The number of nitrogens with zero attached hydrogens (tertiary/aromatic N) is 2. The molecule has 1 aromatic carbocycles. The number of anilines is 1. The van der Waals surface area contributed by atoms with Gasteiger partial charge in [0.25, 0.3) is 0 Å². The Morgan fingerprint density at radius 1 is 1.17 bits per heavy atom. The van der Waals surface area contributed by atoms with Crippen LogP contribution in [0.3, 0.4) is 0 Å². The second-order valence-electron chi connectivity index (χ2n) is 6.68. The summed E-state index contributed by atoms with van der Waals surface area (Å²) in [6.07, 6.45) is 7.89. The fourth-order valence-corrected chi connectivity index (χ4v) is 3.09. The minimum absolute atomic E-state index is 0.0278. The van der Waals surface area contributed by atoms with Gasteiger partial charge in [-0.3, -0.25) is 9.48 Å². The molecule has 0 saturated carbocycles. The topological polar surface area (TPSA) is 46.9 Å². The largest absolute Gasteiger partial charge is 0.324 e. The van der Waals surface area contributed by atoms with Crippen molar-refractivity contribution in [3.05, 3.63) is 47.3 Å². The van der Waals surface area contributed by atoms with E-state index in [9.17, 15) is 4.79 Å². The van der Waals surface area contributed by atoms with Crippen LogP contribution < -0.4 is 5.32 Å². The normalized spacial score (nSPS) is 14.4. The number of amides is 1. The van der Waals surface area contributed by atoms with Gasteiger partial charge in [-0.05, 0) is 54.9 Å². The summed E-state index contributed by atoms with van der Waals surface area (Å²) in [6, 6.07) is 8.06. The third-order valence-electron chi connectivity index (χ3n) is 4.45.